The molecule has 0 spiro atoms. The standard InChI is InChI=1S/C15H16N4O2/c1-9-2-7-13(16)12(8-9)15(20)18-11-5-3-10(4-6-11)14(17)19-21/h2-8,21H,16H2,1H3,(H2,17,19)(H,18,20). The molecule has 0 saturated heterocycles. The third-order valence-electron chi connectivity index (χ3n) is 3.00. The lowest BCUT2D eigenvalue weighted by molar-refractivity contribution is 0.102. The average Bonchev–Trinajstić information content (AvgIpc) is 2.49. The molecule has 6 nitrogen and oxygen atoms in total. The molecule has 0 aromatic heterocycles. The fourth-order valence-corrected chi connectivity index (χ4v) is 1.85. The number of hydrogen-bond donors (Lipinski definition) is 4. The number of rotatable bonds is 3. The lowest BCUT2D eigenvalue weighted by atomic mass is 10.1. The van der Waals surface area contributed by atoms with E-state index < -0.39 is 0 Å². The first kappa shape index (κ1) is 14.4. The maximum absolute atomic E-state index is 12.2. The zero-order chi connectivity index (χ0) is 15.4. The van der Waals surface area contributed by atoms with Gasteiger partial charge in [0.1, 0.15) is 0 Å². The van der Waals surface area contributed by atoms with Crippen molar-refractivity contribution in [2.45, 2.75) is 6.92 Å². The Bertz CT molecular complexity index is 693. The normalized spacial score (nSPS) is 11.2. The Morgan fingerprint density at radius 1 is 1.19 bits per heavy atom. The average molecular weight is 284 g/mol. The highest BCUT2D eigenvalue weighted by Crippen LogP contribution is 2.17. The number of nitrogens with one attached hydrogen (secondary N) is 1. The minimum atomic E-state index is -0.284. The Hall–Kier alpha value is -3.02. The van der Waals surface area contributed by atoms with E-state index in [1.165, 1.54) is 0 Å². The van der Waals surface area contributed by atoms with E-state index >= 15 is 0 Å². The van der Waals surface area contributed by atoms with Crippen molar-refractivity contribution in [1.82, 2.24) is 0 Å². The van der Waals surface area contributed by atoms with E-state index in [-0.39, 0.29) is 11.7 Å². The van der Waals surface area contributed by atoms with Crippen molar-refractivity contribution in [3.63, 3.8) is 0 Å². The van der Waals surface area contributed by atoms with Gasteiger partial charge in [-0.3, -0.25) is 4.79 Å². The van der Waals surface area contributed by atoms with Crippen LogP contribution in [0.5, 0.6) is 0 Å². The first-order valence-electron chi connectivity index (χ1n) is 6.26. The van der Waals surface area contributed by atoms with Crippen LogP contribution in [0.25, 0.3) is 0 Å². The van der Waals surface area contributed by atoms with E-state index in [2.05, 4.69) is 10.5 Å². The summed E-state index contributed by atoms with van der Waals surface area (Å²) in [5, 5.41) is 14.2. The number of amides is 1. The van der Waals surface area contributed by atoms with Gasteiger partial charge in [-0.25, -0.2) is 0 Å². The largest absolute Gasteiger partial charge is 0.409 e. The predicted octanol–water partition coefficient (Wildman–Crippen LogP) is 1.92. The summed E-state index contributed by atoms with van der Waals surface area (Å²) in [6.45, 7) is 1.89. The fourth-order valence-electron chi connectivity index (χ4n) is 1.85. The molecule has 0 radical (unpaired) electrons. The van der Waals surface area contributed by atoms with Gasteiger partial charge in [-0.2, -0.15) is 0 Å². The SMILES string of the molecule is Cc1ccc(N)c(C(=O)Nc2ccc(C(N)=NO)cc2)c1. The van der Waals surface area contributed by atoms with Gasteiger partial charge in [0.15, 0.2) is 5.84 Å². The van der Waals surface area contributed by atoms with Crippen LogP contribution in [0, 0.1) is 6.92 Å². The van der Waals surface area contributed by atoms with Crippen LogP contribution in [0.15, 0.2) is 47.6 Å². The number of benzene rings is 2. The van der Waals surface area contributed by atoms with Gasteiger partial charge < -0.3 is 22.0 Å². The summed E-state index contributed by atoms with van der Waals surface area (Å²) in [4.78, 5) is 12.2. The Morgan fingerprint density at radius 2 is 1.86 bits per heavy atom. The lowest BCUT2D eigenvalue weighted by Gasteiger charge is -2.09. The third kappa shape index (κ3) is 3.30. The van der Waals surface area contributed by atoms with Gasteiger partial charge in [0.05, 0.1) is 5.56 Å². The second-order valence-corrected chi connectivity index (χ2v) is 4.61. The van der Waals surface area contributed by atoms with Gasteiger partial charge in [0.2, 0.25) is 0 Å². The molecule has 0 fully saturated rings. The number of hydrogen-bond acceptors (Lipinski definition) is 4. The van der Waals surface area contributed by atoms with Crippen molar-refractivity contribution in [3.05, 3.63) is 59.2 Å². The van der Waals surface area contributed by atoms with Gasteiger partial charge in [0, 0.05) is 16.9 Å². The summed E-state index contributed by atoms with van der Waals surface area (Å²) in [7, 11) is 0. The van der Waals surface area contributed by atoms with Crippen molar-refractivity contribution in [2.24, 2.45) is 10.9 Å². The van der Waals surface area contributed by atoms with Crippen LogP contribution in [-0.2, 0) is 0 Å². The molecule has 108 valence electrons. The van der Waals surface area contributed by atoms with Gasteiger partial charge in [0.25, 0.3) is 5.91 Å². The van der Waals surface area contributed by atoms with Crippen molar-refractivity contribution in [2.75, 3.05) is 11.1 Å². The molecule has 0 aliphatic heterocycles. The lowest BCUT2D eigenvalue weighted by Crippen LogP contribution is -2.15. The zero-order valence-corrected chi connectivity index (χ0v) is 11.5. The predicted molar refractivity (Wildman–Crippen MR) is 82.5 cm³/mol. The summed E-state index contributed by atoms with van der Waals surface area (Å²) in [5.41, 5.74) is 14.2. The molecule has 2 aromatic carbocycles. The van der Waals surface area contributed by atoms with Crippen LogP contribution in [0.2, 0.25) is 0 Å². The van der Waals surface area contributed by atoms with Crippen molar-refractivity contribution in [3.8, 4) is 0 Å². The summed E-state index contributed by atoms with van der Waals surface area (Å²) in [6, 6.07) is 11.9. The van der Waals surface area contributed by atoms with E-state index in [1.54, 1.807) is 36.4 Å². The summed E-state index contributed by atoms with van der Waals surface area (Å²) >= 11 is 0. The topological polar surface area (TPSA) is 114 Å². The van der Waals surface area contributed by atoms with Crippen LogP contribution in [0.4, 0.5) is 11.4 Å². The van der Waals surface area contributed by atoms with Gasteiger partial charge in [-0.15, -0.1) is 0 Å². The van der Waals surface area contributed by atoms with Crippen LogP contribution < -0.4 is 16.8 Å². The van der Waals surface area contributed by atoms with Crippen LogP contribution >= 0.6 is 0 Å². The second kappa shape index (κ2) is 5.96. The van der Waals surface area contributed by atoms with E-state index in [4.69, 9.17) is 16.7 Å². The highest BCUT2D eigenvalue weighted by molar-refractivity contribution is 6.08. The second-order valence-electron chi connectivity index (χ2n) is 4.61. The number of aryl methyl sites for hydroxylation is 1. The Labute approximate surface area is 122 Å². The van der Waals surface area contributed by atoms with Crippen molar-refractivity contribution in [1.29, 1.82) is 0 Å². The molecule has 6 heteroatoms. The van der Waals surface area contributed by atoms with Crippen molar-refractivity contribution >= 4 is 23.1 Å². The highest BCUT2D eigenvalue weighted by atomic mass is 16.4. The molecule has 2 rings (SSSR count). The molecule has 0 unspecified atom stereocenters. The van der Waals surface area contributed by atoms with Gasteiger partial charge in [-0.1, -0.05) is 16.8 Å². The molecule has 6 N–H and O–H groups in total. The minimum absolute atomic E-state index is 0.0100. The monoisotopic (exact) mass is 284 g/mol. The number of carbonyl (C=O) groups is 1. The van der Waals surface area contributed by atoms with E-state index in [0.29, 0.717) is 22.5 Å². The van der Waals surface area contributed by atoms with Crippen LogP contribution in [0.3, 0.4) is 0 Å². The smallest absolute Gasteiger partial charge is 0.257 e. The van der Waals surface area contributed by atoms with E-state index in [1.807, 2.05) is 13.0 Å². The maximum atomic E-state index is 12.2. The maximum Gasteiger partial charge on any atom is 0.257 e. The third-order valence-corrected chi connectivity index (χ3v) is 3.00. The molecule has 0 aliphatic carbocycles. The molecule has 0 atom stereocenters. The fraction of sp³-hybridized carbons (Fsp3) is 0.0667. The van der Waals surface area contributed by atoms with E-state index in [9.17, 15) is 4.79 Å². The molecular weight excluding hydrogens is 268 g/mol. The minimum Gasteiger partial charge on any atom is -0.409 e. The number of carbonyl (C=O) groups excluding carboxylic acids is 1. The Balaban J connectivity index is 2.18. The summed E-state index contributed by atoms with van der Waals surface area (Å²) in [5.74, 6) is -0.274. The molecule has 0 heterocycles. The number of amidine groups is 1. The summed E-state index contributed by atoms with van der Waals surface area (Å²) < 4.78 is 0. The number of nitrogens with two attached hydrogens (primary N) is 2. The molecule has 0 saturated carbocycles. The number of oxime groups is 1. The molecule has 21 heavy (non-hydrogen) atoms. The quantitative estimate of drug-likeness (QED) is 0.227. The van der Waals surface area contributed by atoms with Crippen molar-refractivity contribution < 1.29 is 10.0 Å². The summed E-state index contributed by atoms with van der Waals surface area (Å²) in [6.07, 6.45) is 0. The van der Waals surface area contributed by atoms with Gasteiger partial charge >= 0.3 is 0 Å². The van der Waals surface area contributed by atoms with Gasteiger partial charge in [-0.05, 0) is 43.3 Å². The highest BCUT2D eigenvalue weighted by Gasteiger charge is 2.10. The molecular formula is C15H16N4O2. The first-order valence-corrected chi connectivity index (χ1v) is 6.26. The molecule has 0 bridgehead atoms. The molecule has 0 aliphatic rings. The van der Waals surface area contributed by atoms with E-state index in [0.717, 1.165) is 5.56 Å². The van der Waals surface area contributed by atoms with Crippen LogP contribution in [-0.4, -0.2) is 17.0 Å². The molecule has 1 amide bonds. The van der Waals surface area contributed by atoms with Crippen LogP contribution in [0.1, 0.15) is 21.5 Å². The number of nitrogens with zero attached hydrogens (tertiary/aromatic N) is 1. The number of anilines is 2. The zero-order valence-electron chi connectivity index (χ0n) is 11.5. The Kier molecular flexibility index (Phi) is 4.08. The molecule has 2 aromatic rings. The number of nitrogen functional groups attached to an aromatic ring is 1. The Morgan fingerprint density at radius 3 is 2.48 bits per heavy atom. The first-order chi connectivity index (χ1) is 10.0.